The van der Waals surface area contributed by atoms with Crippen molar-refractivity contribution in [3.63, 3.8) is 0 Å². The Morgan fingerprint density at radius 2 is 1.49 bits per heavy atom. The summed E-state index contributed by atoms with van der Waals surface area (Å²) >= 11 is 0. The normalized spacial score (nSPS) is 15.3. The zero-order valence-corrected chi connectivity index (χ0v) is 30.8. The third-order valence-electron chi connectivity index (χ3n) is 9.50. The van der Waals surface area contributed by atoms with E-state index >= 15 is 0 Å². The van der Waals surface area contributed by atoms with E-state index in [1.54, 1.807) is 41.3 Å². The summed E-state index contributed by atoms with van der Waals surface area (Å²) in [5, 5.41) is 4.69. The fourth-order valence-corrected chi connectivity index (χ4v) is 7.87. The van der Waals surface area contributed by atoms with Crippen molar-refractivity contribution >= 4 is 45.0 Å². The molecule has 51 heavy (non-hydrogen) atoms. The summed E-state index contributed by atoms with van der Waals surface area (Å²) in [4.78, 5) is 31.9. The number of fused-ring (bicyclic) bond motifs is 2. The highest BCUT2D eigenvalue weighted by atomic mass is 35.5. The van der Waals surface area contributed by atoms with Crippen LogP contribution in [0.1, 0.15) is 55.8 Å². The van der Waals surface area contributed by atoms with Gasteiger partial charge in [0.15, 0.2) is 11.5 Å². The van der Waals surface area contributed by atoms with Gasteiger partial charge in [-0.25, -0.2) is 13.1 Å². The molecular weight excluding hydrogens is 688 g/mol. The second-order valence-electron chi connectivity index (χ2n) is 12.9. The lowest BCUT2D eigenvalue weighted by Gasteiger charge is -2.26. The number of sulfonamides is 1. The van der Waals surface area contributed by atoms with Gasteiger partial charge in [-0.05, 0) is 77.7 Å². The quantitative estimate of drug-likeness (QED) is 0.172. The highest BCUT2D eigenvalue weighted by molar-refractivity contribution is 7.89. The summed E-state index contributed by atoms with van der Waals surface area (Å²) in [5.74, 6) is 0.466. The molecule has 0 aliphatic carbocycles. The molecule has 2 aliphatic rings. The molecule has 12 heteroatoms. The number of carbonyl (C=O) groups is 2. The molecule has 6 rings (SSSR count). The van der Waals surface area contributed by atoms with E-state index in [1.165, 1.54) is 5.56 Å². The summed E-state index contributed by atoms with van der Waals surface area (Å²) in [7, 11) is -4.07. The lowest BCUT2D eigenvalue weighted by molar-refractivity contribution is -0.135. The third-order valence-corrected chi connectivity index (χ3v) is 11.0. The number of nitrogens with one attached hydrogen (secondary N) is 2. The highest BCUT2D eigenvalue weighted by Gasteiger charge is 2.31. The van der Waals surface area contributed by atoms with Crippen molar-refractivity contribution in [2.24, 2.45) is 0 Å². The van der Waals surface area contributed by atoms with Gasteiger partial charge >= 0.3 is 0 Å². The molecule has 1 saturated heterocycles. The Morgan fingerprint density at radius 3 is 2.20 bits per heavy atom. The van der Waals surface area contributed by atoms with E-state index < -0.39 is 28.0 Å². The van der Waals surface area contributed by atoms with E-state index in [4.69, 9.17) is 9.47 Å². The zero-order chi connectivity index (χ0) is 35.1. The van der Waals surface area contributed by atoms with Crippen LogP contribution in [-0.4, -0.2) is 75.5 Å². The van der Waals surface area contributed by atoms with Crippen molar-refractivity contribution in [2.45, 2.75) is 63.1 Å². The number of ether oxygens (including phenoxy) is 2. The number of hydrogen-bond donors (Lipinski definition) is 2. The molecule has 4 aromatic rings. The van der Waals surface area contributed by atoms with Crippen LogP contribution in [0.2, 0.25) is 0 Å². The van der Waals surface area contributed by atoms with Crippen molar-refractivity contribution in [2.75, 3.05) is 39.4 Å². The molecule has 10 nitrogen and oxygen atoms in total. The Bertz CT molecular complexity index is 1910. The maximum Gasteiger partial charge on any atom is 0.245 e. The number of likely N-dealkylation sites (tertiary alicyclic amines) is 1. The number of rotatable bonds is 14. The standard InChI is InChI=1S/C39H46N4O6S.ClH/c1-3-42(4-2)27-29-13-11-28(12-14-29)23-35(39(45)43-19-7-8-20-43)40-38(44)26-34(32-16-18-36-37(25-32)49-22-21-48-36)41-50(46,47)33-17-15-30-9-5-6-10-31(30)24-33;/h5-6,9-18,24-25,34-35,41H,3-4,7-8,19-23,26-27H2,1-2H3,(H,40,44);1H. The van der Waals surface area contributed by atoms with E-state index in [0.29, 0.717) is 49.8 Å². The van der Waals surface area contributed by atoms with Crippen LogP contribution in [0.3, 0.4) is 0 Å². The molecule has 2 atom stereocenters. The SMILES string of the molecule is CCN(CC)Cc1ccc(CC(NC(=O)CC(NS(=O)(=O)c2ccc3ccccc3c2)c2ccc3c(c2)OCCO3)C(=O)N2CCCC2)cc1.Cl. The van der Waals surface area contributed by atoms with Gasteiger partial charge in [-0.15, -0.1) is 12.4 Å². The van der Waals surface area contributed by atoms with Crippen LogP contribution in [-0.2, 0) is 32.6 Å². The minimum absolute atomic E-state index is 0. The van der Waals surface area contributed by atoms with Gasteiger partial charge in [0.1, 0.15) is 19.3 Å². The number of halogens is 1. The Hall–Kier alpha value is -4.16. The number of nitrogens with zero attached hydrogens (tertiary/aromatic N) is 2. The summed E-state index contributed by atoms with van der Waals surface area (Å²) in [5.41, 5.74) is 2.66. The molecule has 2 amide bonds. The maximum absolute atomic E-state index is 13.9. The first kappa shape index (κ1) is 38.1. The zero-order valence-electron chi connectivity index (χ0n) is 29.2. The second kappa shape index (κ2) is 17.4. The average molecular weight is 735 g/mol. The van der Waals surface area contributed by atoms with Gasteiger partial charge in [-0.3, -0.25) is 14.5 Å². The number of carbonyl (C=O) groups excluding carboxylic acids is 2. The molecule has 0 saturated carbocycles. The number of amides is 2. The van der Waals surface area contributed by atoms with Crippen molar-refractivity contribution in [1.82, 2.24) is 19.8 Å². The van der Waals surface area contributed by atoms with Gasteiger partial charge in [-0.2, -0.15) is 0 Å². The molecule has 1 fully saturated rings. The molecule has 2 heterocycles. The number of hydrogen-bond acceptors (Lipinski definition) is 7. The van der Waals surface area contributed by atoms with Crippen molar-refractivity contribution in [3.05, 3.63) is 102 Å². The van der Waals surface area contributed by atoms with Crippen LogP contribution in [0.15, 0.2) is 89.8 Å². The molecule has 0 spiro atoms. The molecule has 0 aromatic heterocycles. The smallest absolute Gasteiger partial charge is 0.245 e. The summed E-state index contributed by atoms with van der Waals surface area (Å²) in [6, 6.07) is 24.1. The average Bonchev–Trinajstić information content (AvgIpc) is 3.68. The van der Waals surface area contributed by atoms with E-state index in [9.17, 15) is 18.0 Å². The maximum atomic E-state index is 13.9. The predicted octanol–water partition coefficient (Wildman–Crippen LogP) is 5.63. The molecule has 2 aliphatic heterocycles. The summed E-state index contributed by atoms with van der Waals surface area (Å²) < 4.78 is 41.9. The molecule has 0 radical (unpaired) electrons. The van der Waals surface area contributed by atoms with Crippen LogP contribution in [0.4, 0.5) is 0 Å². The van der Waals surface area contributed by atoms with Crippen LogP contribution in [0, 0.1) is 0 Å². The van der Waals surface area contributed by atoms with E-state index in [1.807, 2.05) is 36.4 Å². The molecule has 2 N–H and O–H groups in total. The summed E-state index contributed by atoms with van der Waals surface area (Å²) in [6.45, 7) is 9.13. The first-order valence-electron chi connectivity index (χ1n) is 17.5. The largest absolute Gasteiger partial charge is 0.486 e. The van der Waals surface area contributed by atoms with Gasteiger partial charge in [0.25, 0.3) is 0 Å². The van der Waals surface area contributed by atoms with Crippen molar-refractivity contribution < 1.29 is 27.5 Å². The van der Waals surface area contributed by atoms with Crippen LogP contribution in [0.5, 0.6) is 11.5 Å². The lowest BCUT2D eigenvalue weighted by Crippen LogP contribution is -2.49. The lowest BCUT2D eigenvalue weighted by atomic mass is 10.0. The summed E-state index contributed by atoms with van der Waals surface area (Å²) in [6.07, 6.45) is 1.94. The topological polar surface area (TPSA) is 117 Å². The third kappa shape index (κ3) is 9.59. The van der Waals surface area contributed by atoms with E-state index in [2.05, 4.69) is 40.9 Å². The van der Waals surface area contributed by atoms with Crippen LogP contribution >= 0.6 is 12.4 Å². The molecule has 272 valence electrons. The molecule has 4 aromatic carbocycles. The van der Waals surface area contributed by atoms with Crippen LogP contribution < -0.4 is 19.5 Å². The van der Waals surface area contributed by atoms with Gasteiger partial charge in [0, 0.05) is 32.5 Å². The van der Waals surface area contributed by atoms with Crippen LogP contribution in [0.25, 0.3) is 10.8 Å². The van der Waals surface area contributed by atoms with E-state index in [-0.39, 0.29) is 29.6 Å². The van der Waals surface area contributed by atoms with Gasteiger partial charge in [-0.1, -0.05) is 74.5 Å². The Balaban J connectivity index is 0.00000504. The molecule has 2 unspecified atom stereocenters. The Labute approximate surface area is 307 Å². The first-order valence-corrected chi connectivity index (χ1v) is 19.0. The Morgan fingerprint density at radius 1 is 0.824 bits per heavy atom. The second-order valence-corrected chi connectivity index (χ2v) is 14.6. The van der Waals surface area contributed by atoms with E-state index in [0.717, 1.165) is 48.8 Å². The van der Waals surface area contributed by atoms with Crippen molar-refractivity contribution in [1.29, 1.82) is 0 Å². The molecule has 0 bridgehead atoms. The highest BCUT2D eigenvalue weighted by Crippen LogP contribution is 2.34. The fourth-order valence-electron chi connectivity index (χ4n) is 6.61. The predicted molar refractivity (Wildman–Crippen MR) is 201 cm³/mol. The van der Waals surface area contributed by atoms with Gasteiger partial charge < -0.3 is 19.7 Å². The fraction of sp³-hybridized carbons (Fsp3) is 0.385. The molecular formula is C39H47ClN4O6S. The first-order chi connectivity index (χ1) is 24.2. The minimum Gasteiger partial charge on any atom is -0.486 e. The monoisotopic (exact) mass is 734 g/mol. The van der Waals surface area contributed by atoms with Gasteiger partial charge in [0.05, 0.1) is 10.9 Å². The number of benzene rings is 4. The minimum atomic E-state index is -4.07. The Kier molecular flexibility index (Phi) is 13.0. The van der Waals surface area contributed by atoms with Crippen molar-refractivity contribution in [3.8, 4) is 11.5 Å². The van der Waals surface area contributed by atoms with Gasteiger partial charge in [0.2, 0.25) is 21.8 Å².